The lowest BCUT2D eigenvalue weighted by Crippen LogP contribution is -2.64. The van der Waals surface area contributed by atoms with Crippen LogP contribution in [0.3, 0.4) is 0 Å². The Morgan fingerprint density at radius 1 is 0.635 bits per heavy atom. The maximum absolute atomic E-state index is 7.03. The van der Waals surface area contributed by atoms with Crippen LogP contribution in [0.1, 0.15) is 82.6 Å². The van der Waals surface area contributed by atoms with Crippen molar-refractivity contribution in [1.29, 1.82) is 0 Å². The molecular weight excluding hydrogens is 765 g/mol. The second-order valence-corrected chi connectivity index (χ2v) is 20.5. The molecule has 2 atom stereocenters. The molecule has 0 amide bonds. The molecule has 308 valence electrons. The largest absolute Gasteiger partial charge is 0.454 e. The summed E-state index contributed by atoms with van der Waals surface area (Å²) < 4.78 is 9.65. The van der Waals surface area contributed by atoms with Gasteiger partial charge < -0.3 is 18.8 Å². The molecule has 5 heteroatoms. The SMILES string of the molecule is Cc1ccccc1N(c1cc2c3c(c1)-n1c4c(cc(C(C)(C)C)cc4c4oc5ccccc5c41)B3c1cc(-c3ccccc3)cc3c1N2C1(C)CCCCC31C)c1ccccc1C. The average molecular weight is 818 g/mol. The third kappa shape index (κ3) is 4.78. The smallest absolute Gasteiger partial charge is 0.252 e. The van der Waals surface area contributed by atoms with Gasteiger partial charge in [0.1, 0.15) is 11.1 Å². The lowest BCUT2D eigenvalue weighted by atomic mass is 9.33. The standard InChI is InChI=1S/C58H52BN3O/c1-35-19-11-14-24-46(35)60(47-25-15-12-20-36(47)2)40-33-48-51-49(34-40)62-54-43(57(6)27-17-18-28-58(57,62)7)29-38(37-21-9-8-10-22-37)30-44(54)59(51)45-32-39(56(3,4)5)31-42-52(45)61(48)53-41-23-13-16-26-50(41)63-55(42)53/h8-16,19-26,29-34H,17-18,27-28H2,1-7H3. The minimum Gasteiger partial charge on any atom is -0.454 e. The van der Waals surface area contributed by atoms with Crippen LogP contribution in [0.25, 0.3) is 49.8 Å². The number of fused-ring (bicyclic) bond motifs is 12. The average Bonchev–Trinajstić information content (AvgIpc) is 3.89. The normalized spacial score (nSPS) is 19.5. The van der Waals surface area contributed by atoms with Gasteiger partial charge in [-0.3, -0.25) is 0 Å². The first-order chi connectivity index (χ1) is 30.5. The molecule has 7 aromatic carbocycles. The Bertz CT molecular complexity index is 3380. The van der Waals surface area contributed by atoms with Crippen LogP contribution in [-0.4, -0.2) is 16.8 Å². The van der Waals surface area contributed by atoms with E-state index in [0.29, 0.717) is 0 Å². The molecular formula is C58H52BN3O. The van der Waals surface area contributed by atoms with Gasteiger partial charge in [-0.1, -0.05) is 132 Å². The van der Waals surface area contributed by atoms with Crippen molar-refractivity contribution in [2.45, 2.75) is 90.5 Å². The van der Waals surface area contributed by atoms with E-state index in [2.05, 4.69) is 202 Å². The van der Waals surface area contributed by atoms with Crippen molar-refractivity contribution < 1.29 is 4.42 Å². The highest BCUT2D eigenvalue weighted by Crippen LogP contribution is 2.62. The number of aromatic nitrogens is 1. The van der Waals surface area contributed by atoms with Crippen molar-refractivity contribution >= 4 is 84.5 Å². The molecule has 9 aromatic rings. The molecule has 4 nitrogen and oxygen atoms in total. The van der Waals surface area contributed by atoms with Crippen LogP contribution in [0.5, 0.6) is 0 Å². The Labute approximate surface area is 370 Å². The first-order valence-electron chi connectivity index (χ1n) is 23.1. The number of nitrogens with zero attached hydrogens (tertiary/aromatic N) is 3. The second-order valence-electron chi connectivity index (χ2n) is 20.5. The number of rotatable bonds is 4. The van der Waals surface area contributed by atoms with E-state index in [1.165, 1.54) is 114 Å². The summed E-state index contributed by atoms with van der Waals surface area (Å²) in [6.45, 7) is 16.8. The monoisotopic (exact) mass is 817 g/mol. The fourth-order valence-electron chi connectivity index (χ4n) is 12.7. The lowest BCUT2D eigenvalue weighted by Gasteiger charge is -2.52. The number of furan rings is 1. The van der Waals surface area contributed by atoms with Gasteiger partial charge in [-0.2, -0.15) is 0 Å². The molecule has 1 aliphatic carbocycles. The van der Waals surface area contributed by atoms with E-state index >= 15 is 0 Å². The van der Waals surface area contributed by atoms with Crippen LogP contribution in [-0.2, 0) is 10.8 Å². The van der Waals surface area contributed by atoms with Gasteiger partial charge in [0.05, 0.1) is 16.7 Å². The zero-order valence-electron chi connectivity index (χ0n) is 37.4. The number of aryl methyl sites for hydroxylation is 2. The Morgan fingerprint density at radius 3 is 2.03 bits per heavy atom. The van der Waals surface area contributed by atoms with Gasteiger partial charge in [-0.05, 0) is 137 Å². The minimum absolute atomic E-state index is 0.0120. The molecule has 5 heterocycles. The zero-order valence-corrected chi connectivity index (χ0v) is 37.4. The van der Waals surface area contributed by atoms with Crippen molar-refractivity contribution in [1.82, 2.24) is 4.57 Å². The van der Waals surface area contributed by atoms with Crippen molar-refractivity contribution in [3.05, 3.63) is 162 Å². The number of para-hydroxylation sites is 3. The van der Waals surface area contributed by atoms with Gasteiger partial charge in [0.15, 0.2) is 5.58 Å². The number of anilines is 5. The summed E-state index contributed by atoms with van der Waals surface area (Å²) in [6.07, 6.45) is 4.77. The highest BCUT2D eigenvalue weighted by atomic mass is 16.3. The maximum atomic E-state index is 7.03. The number of benzene rings is 7. The summed E-state index contributed by atoms with van der Waals surface area (Å²) in [7, 11) is 0. The van der Waals surface area contributed by atoms with E-state index in [4.69, 9.17) is 4.42 Å². The summed E-state index contributed by atoms with van der Waals surface area (Å²) in [5, 5.41) is 2.35. The second kappa shape index (κ2) is 12.6. The zero-order chi connectivity index (χ0) is 42.7. The van der Waals surface area contributed by atoms with Crippen LogP contribution < -0.4 is 26.2 Å². The van der Waals surface area contributed by atoms with Crippen LogP contribution in [0.15, 0.2) is 144 Å². The van der Waals surface area contributed by atoms with E-state index in [0.717, 1.165) is 28.5 Å². The Morgan fingerprint density at radius 2 is 1.30 bits per heavy atom. The van der Waals surface area contributed by atoms with Crippen molar-refractivity contribution in [3.8, 4) is 16.8 Å². The fraction of sp³-hybridized carbons (Fsp3) is 0.241. The topological polar surface area (TPSA) is 24.6 Å². The minimum atomic E-state index is -0.137. The molecule has 13 rings (SSSR count). The van der Waals surface area contributed by atoms with Gasteiger partial charge in [-0.25, -0.2) is 0 Å². The highest BCUT2D eigenvalue weighted by Gasteiger charge is 2.61. The molecule has 3 aliphatic heterocycles. The van der Waals surface area contributed by atoms with Gasteiger partial charge >= 0.3 is 0 Å². The van der Waals surface area contributed by atoms with Crippen LogP contribution >= 0.6 is 0 Å². The van der Waals surface area contributed by atoms with E-state index in [1.54, 1.807) is 0 Å². The summed E-state index contributed by atoms with van der Waals surface area (Å²) in [5.74, 6) is 0. The van der Waals surface area contributed by atoms with E-state index in [-0.39, 0.29) is 23.1 Å². The summed E-state index contributed by atoms with van der Waals surface area (Å²) >= 11 is 0. The van der Waals surface area contributed by atoms with Gasteiger partial charge in [-0.15, -0.1) is 0 Å². The molecule has 4 aliphatic rings. The van der Waals surface area contributed by atoms with Gasteiger partial charge in [0.25, 0.3) is 6.71 Å². The summed E-state index contributed by atoms with van der Waals surface area (Å²) in [6, 6.07) is 52.9. The Kier molecular flexibility index (Phi) is 7.42. The number of hydrogen-bond acceptors (Lipinski definition) is 3. The molecule has 0 spiro atoms. The highest BCUT2D eigenvalue weighted by molar-refractivity contribution is 7.00. The third-order valence-corrected chi connectivity index (χ3v) is 16.1. The molecule has 0 bridgehead atoms. The molecule has 1 saturated carbocycles. The van der Waals surface area contributed by atoms with E-state index in [9.17, 15) is 0 Å². The molecule has 0 radical (unpaired) electrons. The molecule has 63 heavy (non-hydrogen) atoms. The van der Waals surface area contributed by atoms with Crippen molar-refractivity contribution in [2.24, 2.45) is 0 Å². The quantitative estimate of drug-likeness (QED) is 0.165. The lowest BCUT2D eigenvalue weighted by molar-refractivity contribution is 0.195. The Hall–Kier alpha value is -6.46. The first kappa shape index (κ1) is 37.1. The number of hydrogen-bond donors (Lipinski definition) is 0. The fourth-order valence-corrected chi connectivity index (χ4v) is 12.7. The molecule has 2 aromatic heterocycles. The first-order valence-corrected chi connectivity index (χ1v) is 23.1. The predicted octanol–water partition coefficient (Wildman–Crippen LogP) is 13.5. The molecule has 0 saturated heterocycles. The van der Waals surface area contributed by atoms with E-state index < -0.39 is 0 Å². The third-order valence-electron chi connectivity index (χ3n) is 16.1. The Balaban J connectivity index is 1.24. The summed E-state index contributed by atoms with van der Waals surface area (Å²) in [5.41, 5.74) is 23.8. The van der Waals surface area contributed by atoms with Crippen molar-refractivity contribution in [2.75, 3.05) is 9.80 Å². The van der Waals surface area contributed by atoms with Gasteiger partial charge in [0.2, 0.25) is 0 Å². The molecule has 2 unspecified atom stereocenters. The van der Waals surface area contributed by atoms with Crippen LogP contribution in [0, 0.1) is 13.8 Å². The van der Waals surface area contributed by atoms with Gasteiger partial charge in [0, 0.05) is 44.6 Å². The maximum Gasteiger partial charge on any atom is 0.252 e. The van der Waals surface area contributed by atoms with Crippen LogP contribution in [0.4, 0.5) is 28.4 Å². The van der Waals surface area contributed by atoms with E-state index in [1.807, 2.05) is 0 Å². The predicted molar refractivity (Wildman–Crippen MR) is 266 cm³/mol. The van der Waals surface area contributed by atoms with Crippen LogP contribution in [0.2, 0.25) is 0 Å². The summed E-state index contributed by atoms with van der Waals surface area (Å²) in [4.78, 5) is 5.41. The molecule has 0 N–H and O–H groups in total. The molecule has 1 fully saturated rings. The van der Waals surface area contributed by atoms with Crippen molar-refractivity contribution in [3.63, 3.8) is 0 Å².